The average molecular weight is 361 g/mol. The highest BCUT2D eigenvalue weighted by Crippen LogP contribution is 2.42. The summed E-state index contributed by atoms with van der Waals surface area (Å²) in [7, 11) is 0. The Morgan fingerprint density at radius 1 is 0.962 bits per heavy atom. The lowest BCUT2D eigenvalue weighted by Crippen LogP contribution is -2.50. The molecule has 7 nitrogen and oxygen atoms in total. The lowest BCUT2D eigenvalue weighted by Gasteiger charge is -2.28. The number of hydrogen-bond acceptors (Lipinski definition) is 7. The first-order chi connectivity index (χ1) is 12.5. The molecule has 1 atom stereocenters. The van der Waals surface area contributed by atoms with Crippen molar-refractivity contribution in [3.63, 3.8) is 0 Å². The van der Waals surface area contributed by atoms with E-state index in [2.05, 4.69) is 4.99 Å². The molecule has 0 radical (unpaired) electrons. The van der Waals surface area contributed by atoms with Crippen LogP contribution in [0.4, 0.5) is 0 Å². The minimum absolute atomic E-state index is 0.0295. The van der Waals surface area contributed by atoms with Crippen LogP contribution in [0.3, 0.4) is 0 Å². The number of esters is 3. The Morgan fingerprint density at radius 2 is 1.50 bits per heavy atom. The summed E-state index contributed by atoms with van der Waals surface area (Å²) in [4.78, 5) is 42.1. The fraction of sp³-hybridized carbons (Fsp3) is 0.474. The van der Waals surface area contributed by atoms with E-state index in [0.29, 0.717) is 5.56 Å². The zero-order valence-electron chi connectivity index (χ0n) is 15.2. The molecule has 0 bridgehead atoms. The number of ether oxygens (including phenoxy) is 3. The second kappa shape index (κ2) is 8.60. The maximum absolute atomic E-state index is 12.8. The minimum Gasteiger partial charge on any atom is -0.464 e. The lowest BCUT2D eigenvalue weighted by molar-refractivity contribution is -0.164. The van der Waals surface area contributed by atoms with Crippen LogP contribution in [0.5, 0.6) is 0 Å². The number of rotatable bonds is 7. The molecule has 1 aliphatic rings. The molecule has 7 heteroatoms. The summed E-state index contributed by atoms with van der Waals surface area (Å²) >= 11 is 0. The van der Waals surface area contributed by atoms with E-state index in [-0.39, 0.29) is 32.0 Å². The minimum atomic E-state index is -1.95. The molecule has 0 fully saturated rings. The van der Waals surface area contributed by atoms with Crippen molar-refractivity contribution in [2.45, 2.75) is 38.6 Å². The van der Waals surface area contributed by atoms with Crippen molar-refractivity contribution in [2.24, 2.45) is 4.99 Å². The zero-order chi connectivity index (χ0) is 19.2. The summed E-state index contributed by atoms with van der Waals surface area (Å²) in [6, 6.07) is 8.96. The highest BCUT2D eigenvalue weighted by molar-refractivity contribution is 6.38. The molecule has 0 spiro atoms. The van der Waals surface area contributed by atoms with Gasteiger partial charge in [-0.1, -0.05) is 30.3 Å². The van der Waals surface area contributed by atoms with Gasteiger partial charge < -0.3 is 14.2 Å². The number of hydrogen-bond donors (Lipinski definition) is 0. The van der Waals surface area contributed by atoms with Crippen molar-refractivity contribution in [2.75, 3.05) is 19.8 Å². The molecule has 0 aliphatic carbocycles. The summed E-state index contributed by atoms with van der Waals surface area (Å²) in [5, 5.41) is 0. The summed E-state index contributed by atoms with van der Waals surface area (Å²) in [6.45, 7) is 5.27. The van der Waals surface area contributed by atoms with Gasteiger partial charge in [-0.15, -0.1) is 0 Å². The lowest BCUT2D eigenvalue weighted by atomic mass is 9.79. The predicted octanol–water partition coefficient (Wildman–Crippen LogP) is 2.04. The predicted molar refractivity (Wildman–Crippen MR) is 93.9 cm³/mol. The Labute approximate surface area is 152 Å². The maximum atomic E-state index is 12.8. The van der Waals surface area contributed by atoms with E-state index < -0.39 is 29.4 Å². The Balaban J connectivity index is 2.59. The molecule has 2 rings (SSSR count). The van der Waals surface area contributed by atoms with Gasteiger partial charge in [-0.25, -0.2) is 14.4 Å². The first-order valence-corrected chi connectivity index (χ1v) is 8.66. The van der Waals surface area contributed by atoms with Gasteiger partial charge >= 0.3 is 17.9 Å². The van der Waals surface area contributed by atoms with E-state index in [4.69, 9.17) is 14.2 Å². The largest absolute Gasteiger partial charge is 0.464 e. The van der Waals surface area contributed by atoms with Gasteiger partial charge in [0, 0.05) is 12.3 Å². The molecule has 0 saturated carbocycles. The molecule has 0 aromatic heterocycles. The van der Waals surface area contributed by atoms with E-state index >= 15 is 0 Å². The monoisotopic (exact) mass is 361 g/mol. The van der Waals surface area contributed by atoms with E-state index in [1.54, 1.807) is 45.0 Å². The highest BCUT2D eigenvalue weighted by atomic mass is 16.6. The third-order valence-corrected chi connectivity index (χ3v) is 4.10. The number of carbonyl (C=O) groups is 3. The molecule has 1 aliphatic heterocycles. The zero-order valence-corrected chi connectivity index (χ0v) is 15.2. The fourth-order valence-corrected chi connectivity index (χ4v) is 3.01. The Morgan fingerprint density at radius 3 is 2.00 bits per heavy atom. The maximum Gasteiger partial charge on any atom is 0.352 e. The number of aliphatic imine (C=N–C) groups is 1. The molecular weight excluding hydrogens is 338 g/mol. The first-order valence-electron chi connectivity index (χ1n) is 8.66. The molecule has 26 heavy (non-hydrogen) atoms. The van der Waals surface area contributed by atoms with Gasteiger partial charge in [-0.2, -0.15) is 0 Å². The molecule has 0 N–H and O–H groups in total. The normalized spacial score (nSPS) is 18.0. The second-order valence-electron chi connectivity index (χ2n) is 5.65. The van der Waals surface area contributed by atoms with Gasteiger partial charge in [-0.3, -0.25) is 4.99 Å². The van der Waals surface area contributed by atoms with Gasteiger partial charge in [0.1, 0.15) is 5.71 Å². The van der Waals surface area contributed by atoms with Gasteiger partial charge in [0.05, 0.1) is 19.8 Å². The third-order valence-electron chi connectivity index (χ3n) is 4.10. The van der Waals surface area contributed by atoms with Gasteiger partial charge in [0.25, 0.3) is 5.54 Å². The Hall–Kier alpha value is -2.70. The van der Waals surface area contributed by atoms with Crippen LogP contribution in [0.2, 0.25) is 0 Å². The van der Waals surface area contributed by atoms with Gasteiger partial charge in [0.2, 0.25) is 0 Å². The van der Waals surface area contributed by atoms with Crippen LogP contribution >= 0.6 is 0 Å². The van der Waals surface area contributed by atoms with Crippen LogP contribution in [-0.4, -0.2) is 49.0 Å². The average Bonchev–Trinajstić information content (AvgIpc) is 3.05. The smallest absolute Gasteiger partial charge is 0.352 e. The number of carbonyl (C=O) groups excluding carboxylic acids is 3. The van der Waals surface area contributed by atoms with E-state index in [9.17, 15) is 14.4 Å². The van der Waals surface area contributed by atoms with Crippen LogP contribution < -0.4 is 0 Å². The molecule has 1 unspecified atom stereocenters. The van der Waals surface area contributed by atoms with E-state index in [1.165, 1.54) is 0 Å². The van der Waals surface area contributed by atoms with Crippen molar-refractivity contribution in [1.29, 1.82) is 0 Å². The van der Waals surface area contributed by atoms with Crippen LogP contribution in [0.15, 0.2) is 35.3 Å². The van der Waals surface area contributed by atoms with Gasteiger partial charge in [0.15, 0.2) is 0 Å². The van der Waals surface area contributed by atoms with Crippen LogP contribution in [-0.2, 0) is 28.6 Å². The van der Waals surface area contributed by atoms with E-state index in [0.717, 1.165) is 0 Å². The Kier molecular flexibility index (Phi) is 6.49. The first kappa shape index (κ1) is 19.6. The quantitative estimate of drug-likeness (QED) is 0.419. The van der Waals surface area contributed by atoms with Crippen molar-refractivity contribution in [3.05, 3.63) is 35.9 Å². The number of nitrogens with zero attached hydrogens (tertiary/aromatic N) is 1. The van der Waals surface area contributed by atoms with Crippen LogP contribution in [0, 0.1) is 0 Å². The van der Waals surface area contributed by atoms with Crippen molar-refractivity contribution >= 4 is 23.6 Å². The summed E-state index contributed by atoms with van der Waals surface area (Å²) < 4.78 is 15.3. The van der Waals surface area contributed by atoms with Crippen LogP contribution in [0.1, 0.15) is 38.7 Å². The summed E-state index contributed by atoms with van der Waals surface area (Å²) in [6.07, 6.45) is 0.0838. The third kappa shape index (κ3) is 3.61. The molecule has 1 aromatic rings. The van der Waals surface area contributed by atoms with Crippen molar-refractivity contribution in [3.8, 4) is 0 Å². The van der Waals surface area contributed by atoms with Crippen LogP contribution in [0.25, 0.3) is 0 Å². The van der Waals surface area contributed by atoms with Crippen molar-refractivity contribution < 1.29 is 28.6 Å². The molecule has 1 aromatic carbocycles. The molecule has 0 amide bonds. The molecule has 1 heterocycles. The number of benzene rings is 1. The molecule has 0 saturated heterocycles. The molecular formula is C19H23NO6. The fourth-order valence-electron chi connectivity index (χ4n) is 3.01. The summed E-state index contributed by atoms with van der Waals surface area (Å²) in [5.74, 6) is -3.01. The highest BCUT2D eigenvalue weighted by Gasteiger charge is 2.60. The van der Waals surface area contributed by atoms with E-state index in [1.807, 2.05) is 6.07 Å². The van der Waals surface area contributed by atoms with Gasteiger partial charge in [-0.05, 0) is 26.3 Å². The topological polar surface area (TPSA) is 91.3 Å². The van der Waals surface area contributed by atoms with Crippen molar-refractivity contribution in [1.82, 2.24) is 0 Å². The second-order valence-corrected chi connectivity index (χ2v) is 5.65. The Bertz CT molecular complexity index is 679. The standard InChI is InChI=1S/C19H23NO6/c1-4-24-16(21)15-12-14(13-10-8-7-9-11-13)19(20-15,17(22)25-5-2)18(23)26-6-3/h7-11,14H,4-6,12H2,1-3H3. The SMILES string of the molecule is CCOC(=O)C1=NC(C(=O)OCC)(C(=O)OCC)C(c2ccccc2)C1. The summed E-state index contributed by atoms with van der Waals surface area (Å²) in [5.41, 5.74) is -1.23. The molecule has 140 valence electrons.